The van der Waals surface area contributed by atoms with Crippen LogP contribution in [0.2, 0.25) is 0 Å². The van der Waals surface area contributed by atoms with Gasteiger partial charge in [0.15, 0.2) is 6.61 Å². The van der Waals surface area contributed by atoms with Crippen LogP contribution in [0.5, 0.6) is 5.75 Å². The fraction of sp³-hybridized carbons (Fsp3) is 0.240. The van der Waals surface area contributed by atoms with Gasteiger partial charge >= 0.3 is 5.97 Å². The van der Waals surface area contributed by atoms with Crippen LogP contribution < -0.4 is 9.04 Å². The van der Waals surface area contributed by atoms with E-state index in [1.165, 1.54) is 22.3 Å². The molecule has 0 aromatic heterocycles. The molecule has 3 aromatic rings. The molecule has 0 unspecified atom stereocenters. The monoisotopic (exact) mass is 437 g/mol. The lowest BCUT2D eigenvalue weighted by Crippen LogP contribution is -2.10. The van der Waals surface area contributed by atoms with Crippen LogP contribution in [-0.2, 0) is 22.0 Å². The van der Waals surface area contributed by atoms with Gasteiger partial charge in [0.05, 0.1) is 0 Å². The van der Waals surface area contributed by atoms with Crippen molar-refractivity contribution in [3.63, 3.8) is 0 Å². The van der Waals surface area contributed by atoms with Gasteiger partial charge in [-0.1, -0.05) is 43.3 Å². The molecule has 1 N–H and O–H groups in total. The maximum absolute atomic E-state index is 10.5. The van der Waals surface area contributed by atoms with E-state index in [2.05, 4.69) is 56.3 Å². The molecule has 0 radical (unpaired) electrons. The van der Waals surface area contributed by atoms with Crippen LogP contribution in [0.3, 0.4) is 0 Å². The van der Waals surface area contributed by atoms with Crippen molar-refractivity contribution in [2.75, 3.05) is 18.0 Å². The van der Waals surface area contributed by atoms with E-state index in [1.807, 2.05) is 31.3 Å². The number of carbonyl (C=O) groups is 1. The molecule has 162 valence electrons. The van der Waals surface area contributed by atoms with E-state index < -0.39 is 5.97 Å². The zero-order valence-electron chi connectivity index (χ0n) is 18.0. The number of carboxylic acids is 1. The standard InChI is InChI=1S/C25H27NO4S/c1-4-20-7-5-6-8-23(20)24-15-19(10-9-18(24)2)16-29-22-13-11-21(12-14-22)26(3)31-30-17-25(27)28/h5-15H,4,16-17H2,1-3H3,(H,27,28). The minimum atomic E-state index is -0.998. The number of benzene rings is 3. The Bertz CT molecular complexity index is 1020. The van der Waals surface area contributed by atoms with Crippen LogP contribution in [0.15, 0.2) is 66.7 Å². The summed E-state index contributed by atoms with van der Waals surface area (Å²) in [6, 6.07) is 22.6. The van der Waals surface area contributed by atoms with E-state index in [-0.39, 0.29) is 6.61 Å². The summed E-state index contributed by atoms with van der Waals surface area (Å²) in [5.74, 6) is -0.230. The Morgan fingerprint density at radius 3 is 2.48 bits per heavy atom. The Labute approximate surface area is 188 Å². The zero-order valence-corrected chi connectivity index (χ0v) is 18.8. The molecule has 0 amide bonds. The molecule has 6 heteroatoms. The van der Waals surface area contributed by atoms with Crippen LogP contribution >= 0.6 is 12.2 Å². The summed E-state index contributed by atoms with van der Waals surface area (Å²) in [4.78, 5) is 10.5. The number of nitrogens with zero attached hydrogens (tertiary/aromatic N) is 1. The van der Waals surface area contributed by atoms with Crippen molar-refractivity contribution in [3.05, 3.63) is 83.4 Å². The molecule has 3 rings (SSSR count). The van der Waals surface area contributed by atoms with Gasteiger partial charge < -0.3 is 9.84 Å². The summed E-state index contributed by atoms with van der Waals surface area (Å²) in [5.41, 5.74) is 7.11. The molecule has 0 heterocycles. The summed E-state index contributed by atoms with van der Waals surface area (Å²) < 4.78 is 12.8. The predicted octanol–water partition coefficient (Wildman–Crippen LogP) is 5.90. The maximum Gasteiger partial charge on any atom is 0.331 e. The number of aryl methyl sites for hydroxylation is 2. The molecule has 5 nitrogen and oxygen atoms in total. The topological polar surface area (TPSA) is 59.0 Å². The van der Waals surface area contributed by atoms with Crippen LogP contribution in [0.25, 0.3) is 11.1 Å². The minimum absolute atomic E-state index is 0.350. The Kier molecular flexibility index (Phi) is 7.98. The normalized spacial score (nSPS) is 10.7. The Hall–Kier alpha value is -2.96. The van der Waals surface area contributed by atoms with Crippen molar-refractivity contribution in [1.29, 1.82) is 0 Å². The third kappa shape index (κ3) is 6.26. The van der Waals surface area contributed by atoms with Gasteiger partial charge in [-0.25, -0.2) is 4.79 Å². The lowest BCUT2D eigenvalue weighted by Gasteiger charge is -2.17. The molecule has 31 heavy (non-hydrogen) atoms. The molecule has 3 aromatic carbocycles. The quantitative estimate of drug-likeness (QED) is 0.315. The van der Waals surface area contributed by atoms with Crippen molar-refractivity contribution in [1.82, 2.24) is 0 Å². The fourth-order valence-corrected chi connectivity index (χ4v) is 3.78. The largest absolute Gasteiger partial charge is 0.489 e. The lowest BCUT2D eigenvalue weighted by atomic mass is 9.93. The second-order valence-electron chi connectivity index (χ2n) is 7.17. The smallest absolute Gasteiger partial charge is 0.331 e. The van der Waals surface area contributed by atoms with Gasteiger partial charge in [0.2, 0.25) is 0 Å². The summed E-state index contributed by atoms with van der Waals surface area (Å²) in [6.07, 6.45) is 0.997. The van der Waals surface area contributed by atoms with Gasteiger partial charge in [0.1, 0.15) is 24.6 Å². The zero-order chi connectivity index (χ0) is 22.2. The second-order valence-corrected chi connectivity index (χ2v) is 8.10. The molecule has 0 fully saturated rings. The Morgan fingerprint density at radius 1 is 1.03 bits per heavy atom. The van der Waals surface area contributed by atoms with E-state index >= 15 is 0 Å². The van der Waals surface area contributed by atoms with Gasteiger partial charge in [0, 0.05) is 12.7 Å². The molecule has 0 bridgehead atoms. The van der Waals surface area contributed by atoms with Crippen LogP contribution in [0.1, 0.15) is 23.6 Å². The maximum atomic E-state index is 10.5. The molecular weight excluding hydrogens is 410 g/mol. The molecule has 0 aliphatic heterocycles. The highest BCUT2D eigenvalue weighted by Crippen LogP contribution is 2.29. The summed E-state index contributed by atoms with van der Waals surface area (Å²) in [7, 11) is 1.81. The molecular formula is C25H27NO4S. The summed E-state index contributed by atoms with van der Waals surface area (Å²) >= 11 is 0.989. The van der Waals surface area contributed by atoms with Crippen molar-refractivity contribution in [2.24, 2.45) is 0 Å². The SMILES string of the molecule is CCc1ccccc1-c1cc(COc2ccc(N(C)SOCC(=O)O)cc2)ccc1C. The molecule has 0 aliphatic carbocycles. The molecule has 0 saturated heterocycles. The molecule has 0 aliphatic rings. The second kappa shape index (κ2) is 10.9. The summed E-state index contributed by atoms with van der Waals surface area (Å²) in [5, 5.41) is 8.64. The van der Waals surface area contributed by atoms with E-state index in [0.29, 0.717) is 6.61 Å². The fourth-order valence-electron chi connectivity index (χ4n) is 3.26. The van der Waals surface area contributed by atoms with E-state index in [4.69, 9.17) is 14.0 Å². The number of hydrogen-bond acceptors (Lipinski definition) is 5. The minimum Gasteiger partial charge on any atom is -0.489 e. The third-order valence-electron chi connectivity index (χ3n) is 4.94. The van der Waals surface area contributed by atoms with E-state index in [1.54, 1.807) is 4.31 Å². The van der Waals surface area contributed by atoms with Crippen molar-refractivity contribution < 1.29 is 18.8 Å². The van der Waals surface area contributed by atoms with E-state index in [9.17, 15) is 4.79 Å². The third-order valence-corrected chi connectivity index (χ3v) is 5.60. The Morgan fingerprint density at radius 2 is 1.77 bits per heavy atom. The summed E-state index contributed by atoms with van der Waals surface area (Å²) in [6.45, 7) is 4.45. The highest BCUT2D eigenvalue weighted by Gasteiger charge is 2.09. The molecule has 0 atom stereocenters. The first-order valence-corrected chi connectivity index (χ1v) is 10.8. The number of carboxylic acid groups (broad SMARTS) is 1. The predicted molar refractivity (Wildman–Crippen MR) is 126 cm³/mol. The average molecular weight is 438 g/mol. The Balaban J connectivity index is 1.64. The number of hydrogen-bond donors (Lipinski definition) is 1. The van der Waals surface area contributed by atoms with Gasteiger partial charge in [-0.15, -0.1) is 0 Å². The number of anilines is 1. The van der Waals surface area contributed by atoms with Gasteiger partial charge in [-0.05, 0) is 71.5 Å². The average Bonchev–Trinajstić information content (AvgIpc) is 2.78. The number of aliphatic carboxylic acids is 1. The van der Waals surface area contributed by atoms with Gasteiger partial charge in [-0.2, -0.15) is 0 Å². The van der Waals surface area contributed by atoms with Gasteiger partial charge in [-0.3, -0.25) is 8.49 Å². The van der Waals surface area contributed by atoms with Crippen LogP contribution in [0.4, 0.5) is 5.69 Å². The lowest BCUT2D eigenvalue weighted by molar-refractivity contribution is -0.138. The first kappa shape index (κ1) is 22.7. The van der Waals surface area contributed by atoms with Crippen LogP contribution in [-0.4, -0.2) is 24.7 Å². The van der Waals surface area contributed by atoms with Gasteiger partial charge in [0.25, 0.3) is 0 Å². The highest BCUT2D eigenvalue weighted by atomic mass is 32.2. The molecule has 0 saturated carbocycles. The van der Waals surface area contributed by atoms with Crippen LogP contribution in [0, 0.1) is 6.92 Å². The first-order valence-electron chi connectivity index (χ1n) is 10.1. The molecule has 0 spiro atoms. The van der Waals surface area contributed by atoms with Crippen molar-refractivity contribution in [3.8, 4) is 16.9 Å². The van der Waals surface area contributed by atoms with E-state index in [0.717, 1.165) is 35.6 Å². The number of rotatable bonds is 10. The van der Waals surface area contributed by atoms with Crippen molar-refractivity contribution >= 4 is 23.9 Å². The number of ether oxygens (including phenoxy) is 1. The highest BCUT2D eigenvalue weighted by molar-refractivity contribution is 7.96. The van der Waals surface area contributed by atoms with Crippen molar-refractivity contribution in [2.45, 2.75) is 26.9 Å². The first-order chi connectivity index (χ1) is 15.0.